The van der Waals surface area contributed by atoms with E-state index in [-0.39, 0.29) is 0 Å². The summed E-state index contributed by atoms with van der Waals surface area (Å²) in [5.41, 5.74) is 8.49. The van der Waals surface area contributed by atoms with Crippen LogP contribution in [0.3, 0.4) is 0 Å². The minimum atomic E-state index is 0.385. The zero-order chi connectivity index (χ0) is 15.2. The highest BCUT2D eigenvalue weighted by atomic mass is 32.2. The number of rotatable bonds is 6. The molecule has 0 radical (unpaired) electrons. The summed E-state index contributed by atoms with van der Waals surface area (Å²) < 4.78 is 5.05. The summed E-state index contributed by atoms with van der Waals surface area (Å²) in [4.78, 5) is 5.64. The van der Waals surface area contributed by atoms with Crippen LogP contribution in [0.2, 0.25) is 0 Å². The molecule has 0 saturated carbocycles. The van der Waals surface area contributed by atoms with E-state index in [2.05, 4.69) is 17.2 Å². The third-order valence-electron chi connectivity index (χ3n) is 2.80. The molecule has 0 fully saturated rings. The molecule has 2 rings (SSSR count). The Bertz CT molecular complexity index is 629. The van der Waals surface area contributed by atoms with Crippen LogP contribution in [-0.2, 0) is 0 Å². The van der Waals surface area contributed by atoms with Gasteiger partial charge in [0.15, 0.2) is 0 Å². The maximum absolute atomic E-state index is 5.89. The Hall–Kier alpha value is -1.79. The molecule has 0 saturated heterocycles. The molecule has 0 amide bonds. The van der Waals surface area contributed by atoms with Gasteiger partial charge in [-0.25, -0.2) is 4.98 Å². The molecule has 0 aliphatic rings. The molecule has 0 aliphatic carbocycles. The number of nitrogens with one attached hydrogen (secondary N) is 1. The second-order valence-electron chi connectivity index (χ2n) is 4.19. The summed E-state index contributed by atoms with van der Waals surface area (Å²) in [6.45, 7) is 2.10. The van der Waals surface area contributed by atoms with Crippen molar-refractivity contribution in [1.29, 1.82) is 0 Å². The summed E-state index contributed by atoms with van der Waals surface area (Å²) in [6.07, 6.45) is 1.71. The fourth-order valence-corrected chi connectivity index (χ4v) is 3.03. The summed E-state index contributed by atoms with van der Waals surface area (Å²) in [5, 5.41) is 3.31. The lowest BCUT2D eigenvalue weighted by Crippen LogP contribution is -2.13. The molecule has 0 unspecified atom stereocenters. The number of ether oxygens (including phenoxy) is 1. The third kappa shape index (κ3) is 3.86. The van der Waals surface area contributed by atoms with Crippen molar-refractivity contribution in [1.82, 2.24) is 4.98 Å². The van der Waals surface area contributed by atoms with E-state index in [9.17, 15) is 0 Å². The number of nitrogens with two attached hydrogens (primary N) is 1. The number of aromatic nitrogens is 1. The summed E-state index contributed by atoms with van der Waals surface area (Å²) >= 11 is 6.91. The smallest absolute Gasteiger partial charge is 0.213 e. The first-order valence-corrected chi connectivity index (χ1v) is 7.87. The molecule has 1 aromatic heterocycles. The van der Waals surface area contributed by atoms with Gasteiger partial charge in [0.25, 0.3) is 0 Å². The number of thioether (sulfide) groups is 1. The lowest BCUT2D eigenvalue weighted by molar-refractivity contribution is 0.398. The predicted molar refractivity (Wildman–Crippen MR) is 92.8 cm³/mol. The Morgan fingerprint density at radius 3 is 2.76 bits per heavy atom. The highest BCUT2D eigenvalue weighted by Crippen LogP contribution is 2.30. The van der Waals surface area contributed by atoms with Gasteiger partial charge in [0.1, 0.15) is 4.99 Å². The normalized spacial score (nSPS) is 10.2. The number of pyridine rings is 1. The Kier molecular flexibility index (Phi) is 5.41. The number of hydrogen-bond donors (Lipinski definition) is 2. The molecule has 3 N–H and O–H groups in total. The first kappa shape index (κ1) is 15.6. The van der Waals surface area contributed by atoms with Gasteiger partial charge >= 0.3 is 0 Å². The number of benzene rings is 1. The number of hydrogen-bond acceptors (Lipinski definition) is 5. The molecule has 6 heteroatoms. The molecule has 0 atom stereocenters. The van der Waals surface area contributed by atoms with Crippen LogP contribution in [0.1, 0.15) is 12.5 Å². The average Bonchev–Trinajstić information content (AvgIpc) is 2.48. The number of methoxy groups -OCH3 is 1. The van der Waals surface area contributed by atoms with E-state index >= 15 is 0 Å². The van der Waals surface area contributed by atoms with E-state index in [4.69, 9.17) is 22.7 Å². The van der Waals surface area contributed by atoms with Gasteiger partial charge in [0.2, 0.25) is 5.88 Å². The fraction of sp³-hybridized carbons (Fsp3) is 0.200. The van der Waals surface area contributed by atoms with Crippen molar-refractivity contribution in [2.45, 2.75) is 11.8 Å². The van der Waals surface area contributed by atoms with Gasteiger partial charge in [-0.05, 0) is 24.0 Å². The highest BCUT2D eigenvalue weighted by molar-refractivity contribution is 7.99. The van der Waals surface area contributed by atoms with Gasteiger partial charge in [-0.3, -0.25) is 0 Å². The molecule has 21 heavy (non-hydrogen) atoms. The molecular weight excluding hydrogens is 302 g/mol. The lowest BCUT2D eigenvalue weighted by Gasteiger charge is -2.14. The Labute approximate surface area is 134 Å². The van der Waals surface area contributed by atoms with Crippen molar-refractivity contribution in [3.8, 4) is 5.88 Å². The van der Waals surface area contributed by atoms with Crippen molar-refractivity contribution < 1.29 is 4.74 Å². The average molecular weight is 319 g/mol. The standard InChI is InChI=1S/C15H17N3OS2/c1-3-21-12-6-4-5-11(14(12)15(16)20)18-10-7-8-13(19-2)17-9-10/h4-9,18H,3H2,1-2H3,(H2,16,20). The van der Waals surface area contributed by atoms with E-state index in [1.165, 1.54) is 0 Å². The maximum Gasteiger partial charge on any atom is 0.213 e. The topological polar surface area (TPSA) is 60.2 Å². The van der Waals surface area contributed by atoms with E-state index < -0.39 is 0 Å². The summed E-state index contributed by atoms with van der Waals surface area (Å²) in [5.74, 6) is 1.54. The van der Waals surface area contributed by atoms with Crippen LogP contribution in [0.5, 0.6) is 5.88 Å². The van der Waals surface area contributed by atoms with Crippen molar-refractivity contribution in [3.63, 3.8) is 0 Å². The zero-order valence-corrected chi connectivity index (χ0v) is 13.6. The van der Waals surface area contributed by atoms with Crippen molar-refractivity contribution in [2.24, 2.45) is 5.73 Å². The lowest BCUT2D eigenvalue weighted by atomic mass is 10.1. The van der Waals surface area contributed by atoms with Gasteiger partial charge in [-0.15, -0.1) is 11.8 Å². The Morgan fingerprint density at radius 2 is 2.19 bits per heavy atom. The van der Waals surface area contributed by atoms with Crippen molar-refractivity contribution in [3.05, 3.63) is 42.1 Å². The first-order valence-electron chi connectivity index (χ1n) is 6.48. The third-order valence-corrected chi connectivity index (χ3v) is 3.94. The van der Waals surface area contributed by atoms with Crippen LogP contribution in [0.25, 0.3) is 0 Å². The van der Waals surface area contributed by atoms with E-state index in [0.29, 0.717) is 10.9 Å². The fourth-order valence-electron chi connectivity index (χ4n) is 1.90. The van der Waals surface area contributed by atoms with Crippen molar-refractivity contribution in [2.75, 3.05) is 18.2 Å². The molecular formula is C15H17N3OS2. The first-order chi connectivity index (χ1) is 10.2. The number of nitrogens with zero attached hydrogens (tertiary/aromatic N) is 1. The van der Waals surface area contributed by atoms with Gasteiger partial charge < -0.3 is 15.8 Å². The monoisotopic (exact) mass is 319 g/mol. The molecule has 0 aliphatic heterocycles. The van der Waals surface area contributed by atoms with Crippen LogP contribution in [0, 0.1) is 0 Å². The number of anilines is 2. The van der Waals surface area contributed by atoms with E-state index in [1.54, 1.807) is 31.1 Å². The quantitative estimate of drug-likeness (QED) is 0.627. The SMILES string of the molecule is CCSc1cccc(Nc2ccc(OC)nc2)c1C(N)=S. The summed E-state index contributed by atoms with van der Waals surface area (Å²) in [6, 6.07) is 9.67. The molecule has 4 nitrogen and oxygen atoms in total. The van der Waals surface area contributed by atoms with Crippen LogP contribution >= 0.6 is 24.0 Å². The molecule has 0 spiro atoms. The largest absolute Gasteiger partial charge is 0.481 e. The molecule has 1 aromatic carbocycles. The van der Waals surface area contributed by atoms with Gasteiger partial charge in [-0.2, -0.15) is 0 Å². The summed E-state index contributed by atoms with van der Waals surface area (Å²) in [7, 11) is 1.59. The molecule has 110 valence electrons. The van der Waals surface area contributed by atoms with Gasteiger partial charge in [0.05, 0.1) is 19.0 Å². The Balaban J connectivity index is 2.33. The van der Waals surface area contributed by atoms with E-state index in [1.807, 2.05) is 24.3 Å². The minimum Gasteiger partial charge on any atom is -0.481 e. The number of thiocarbonyl (C=S) groups is 1. The highest BCUT2D eigenvalue weighted by Gasteiger charge is 2.11. The second kappa shape index (κ2) is 7.28. The molecule has 0 bridgehead atoms. The predicted octanol–water partition coefficient (Wildman–Crippen LogP) is 3.58. The van der Waals surface area contributed by atoms with Crippen molar-refractivity contribution >= 4 is 40.3 Å². The molecule has 2 aromatic rings. The van der Waals surface area contributed by atoms with Crippen LogP contribution < -0.4 is 15.8 Å². The van der Waals surface area contributed by atoms with E-state index in [0.717, 1.165) is 27.6 Å². The van der Waals surface area contributed by atoms with Gasteiger partial charge in [-0.1, -0.05) is 25.2 Å². The zero-order valence-electron chi connectivity index (χ0n) is 11.9. The van der Waals surface area contributed by atoms with Gasteiger partial charge in [0, 0.05) is 22.2 Å². The molecule has 1 heterocycles. The maximum atomic E-state index is 5.89. The Morgan fingerprint density at radius 1 is 1.38 bits per heavy atom. The van der Waals surface area contributed by atoms with Crippen LogP contribution in [0.15, 0.2) is 41.4 Å². The van der Waals surface area contributed by atoms with Crippen LogP contribution in [-0.4, -0.2) is 22.8 Å². The second-order valence-corrected chi connectivity index (χ2v) is 5.94. The minimum absolute atomic E-state index is 0.385. The van der Waals surface area contributed by atoms with Crippen LogP contribution in [0.4, 0.5) is 11.4 Å².